The van der Waals surface area contributed by atoms with Crippen LogP contribution in [-0.2, 0) is 4.79 Å². The Kier molecular flexibility index (Phi) is 2.74. The van der Waals surface area contributed by atoms with E-state index in [1.807, 2.05) is 11.9 Å². The molecule has 2 heterocycles. The Bertz CT molecular complexity index is 231. The maximum atomic E-state index is 11.8. The average Bonchev–Trinajstić information content (AvgIpc) is 2.48. The van der Waals surface area contributed by atoms with Gasteiger partial charge in [0.2, 0.25) is 5.91 Å². The number of carbonyl (C=O) groups excluding carboxylic acids is 1. The number of nitrogens with two attached hydrogens (primary N) is 1. The van der Waals surface area contributed by atoms with Crippen LogP contribution in [-0.4, -0.2) is 54.5 Å². The van der Waals surface area contributed by atoms with E-state index in [2.05, 4.69) is 4.90 Å². The van der Waals surface area contributed by atoms with E-state index in [9.17, 15) is 4.79 Å². The van der Waals surface area contributed by atoms with Crippen LogP contribution in [0.1, 0.15) is 19.3 Å². The molecule has 2 aliphatic rings. The zero-order valence-electron chi connectivity index (χ0n) is 8.78. The van der Waals surface area contributed by atoms with Crippen LogP contribution in [0, 0.1) is 0 Å². The summed E-state index contributed by atoms with van der Waals surface area (Å²) in [5, 5.41) is 0. The normalized spacial score (nSPS) is 35.3. The summed E-state index contributed by atoms with van der Waals surface area (Å²) < 4.78 is 0. The topological polar surface area (TPSA) is 49.6 Å². The number of rotatable bonds is 1. The van der Waals surface area contributed by atoms with Gasteiger partial charge in [-0.1, -0.05) is 0 Å². The monoisotopic (exact) mass is 197 g/mol. The first kappa shape index (κ1) is 9.93. The molecule has 4 heteroatoms. The van der Waals surface area contributed by atoms with Crippen molar-refractivity contribution >= 4 is 5.91 Å². The lowest BCUT2D eigenvalue weighted by Gasteiger charge is -2.34. The van der Waals surface area contributed by atoms with E-state index >= 15 is 0 Å². The quantitative estimate of drug-likeness (QED) is 0.624. The van der Waals surface area contributed by atoms with Gasteiger partial charge in [0.25, 0.3) is 0 Å². The van der Waals surface area contributed by atoms with Crippen LogP contribution in [0.5, 0.6) is 0 Å². The molecule has 0 aromatic carbocycles. The van der Waals surface area contributed by atoms with Crippen LogP contribution in [0.15, 0.2) is 0 Å². The zero-order valence-corrected chi connectivity index (χ0v) is 8.78. The van der Waals surface area contributed by atoms with Gasteiger partial charge >= 0.3 is 0 Å². The van der Waals surface area contributed by atoms with Crippen molar-refractivity contribution < 1.29 is 4.79 Å². The summed E-state index contributed by atoms with van der Waals surface area (Å²) in [6.07, 6.45) is 3.21. The fraction of sp³-hybridized carbons (Fsp3) is 0.900. The van der Waals surface area contributed by atoms with Crippen LogP contribution < -0.4 is 5.73 Å². The van der Waals surface area contributed by atoms with Crippen molar-refractivity contribution in [2.45, 2.75) is 31.3 Å². The summed E-state index contributed by atoms with van der Waals surface area (Å²) in [4.78, 5) is 15.8. The van der Waals surface area contributed by atoms with E-state index in [0.29, 0.717) is 0 Å². The Morgan fingerprint density at radius 3 is 2.71 bits per heavy atom. The first-order chi connectivity index (χ1) is 6.68. The van der Waals surface area contributed by atoms with Gasteiger partial charge in [-0.25, -0.2) is 0 Å². The molecule has 14 heavy (non-hydrogen) atoms. The number of likely N-dealkylation sites (tertiary alicyclic amines) is 2. The molecule has 0 aromatic rings. The minimum Gasteiger partial charge on any atom is -0.344 e. The third kappa shape index (κ3) is 1.77. The summed E-state index contributed by atoms with van der Waals surface area (Å²) in [6.45, 7) is 2.83. The Morgan fingerprint density at radius 2 is 2.14 bits per heavy atom. The van der Waals surface area contributed by atoms with Crippen molar-refractivity contribution in [3.63, 3.8) is 0 Å². The molecule has 0 spiro atoms. The summed E-state index contributed by atoms with van der Waals surface area (Å²) in [5.74, 6) is 0.277. The van der Waals surface area contributed by atoms with E-state index < -0.39 is 0 Å². The number of amides is 1. The minimum atomic E-state index is 0.117. The summed E-state index contributed by atoms with van der Waals surface area (Å²) >= 11 is 0. The highest BCUT2D eigenvalue weighted by molar-refractivity contribution is 5.83. The molecular weight excluding hydrogens is 178 g/mol. The average molecular weight is 197 g/mol. The maximum Gasteiger partial charge on any atom is 0.239 e. The largest absolute Gasteiger partial charge is 0.344 e. The predicted octanol–water partition coefficient (Wildman–Crippen LogP) is -0.360. The van der Waals surface area contributed by atoms with Crippen molar-refractivity contribution in [3.05, 3.63) is 0 Å². The van der Waals surface area contributed by atoms with Gasteiger partial charge in [0.1, 0.15) is 0 Å². The van der Waals surface area contributed by atoms with Gasteiger partial charge in [0.15, 0.2) is 0 Å². The number of hydrogen-bond acceptors (Lipinski definition) is 3. The fourth-order valence-electron chi connectivity index (χ4n) is 2.47. The Balaban J connectivity index is 1.97. The highest BCUT2D eigenvalue weighted by Gasteiger charge is 2.35. The molecule has 4 nitrogen and oxygen atoms in total. The van der Waals surface area contributed by atoms with E-state index in [1.54, 1.807) is 0 Å². The molecule has 1 amide bonds. The fourth-order valence-corrected chi connectivity index (χ4v) is 2.47. The van der Waals surface area contributed by atoms with Gasteiger partial charge in [-0.3, -0.25) is 9.69 Å². The lowest BCUT2D eigenvalue weighted by atomic mass is 10.0. The molecule has 0 saturated carbocycles. The first-order valence-corrected chi connectivity index (χ1v) is 5.43. The zero-order chi connectivity index (χ0) is 10.1. The standard InChI is InChI=1S/C10H19N3O/c1-12-6-4-9(10(12)14)13-5-2-3-8(11)7-13/h8-9H,2-7,11H2,1H3/t8-,9?/m1/s1. The molecule has 2 rings (SSSR count). The number of nitrogens with zero attached hydrogens (tertiary/aromatic N) is 2. The molecule has 2 atom stereocenters. The van der Waals surface area contributed by atoms with Crippen molar-refractivity contribution in [2.24, 2.45) is 5.73 Å². The van der Waals surface area contributed by atoms with Crippen LogP contribution >= 0.6 is 0 Å². The lowest BCUT2D eigenvalue weighted by molar-refractivity contribution is -0.131. The van der Waals surface area contributed by atoms with Crippen molar-refractivity contribution in [1.29, 1.82) is 0 Å². The number of likely N-dealkylation sites (N-methyl/N-ethyl adjacent to an activating group) is 1. The highest BCUT2D eigenvalue weighted by Crippen LogP contribution is 2.19. The summed E-state index contributed by atoms with van der Waals surface area (Å²) in [6, 6.07) is 0.383. The Morgan fingerprint density at radius 1 is 1.36 bits per heavy atom. The molecule has 0 radical (unpaired) electrons. The van der Waals surface area contributed by atoms with Gasteiger partial charge in [-0.05, 0) is 25.8 Å². The van der Waals surface area contributed by atoms with Crippen molar-refractivity contribution in [1.82, 2.24) is 9.80 Å². The number of piperidine rings is 1. The molecule has 0 aliphatic carbocycles. The Hall–Kier alpha value is -0.610. The second kappa shape index (κ2) is 3.87. The number of hydrogen-bond donors (Lipinski definition) is 1. The molecule has 2 N–H and O–H groups in total. The molecule has 2 saturated heterocycles. The van der Waals surface area contributed by atoms with E-state index in [1.165, 1.54) is 0 Å². The van der Waals surface area contributed by atoms with Crippen LogP contribution in [0.4, 0.5) is 0 Å². The third-order valence-electron chi connectivity index (χ3n) is 3.33. The van der Waals surface area contributed by atoms with E-state index in [-0.39, 0.29) is 18.0 Å². The van der Waals surface area contributed by atoms with E-state index in [4.69, 9.17) is 5.73 Å². The van der Waals surface area contributed by atoms with Gasteiger partial charge in [-0.15, -0.1) is 0 Å². The highest BCUT2D eigenvalue weighted by atomic mass is 16.2. The van der Waals surface area contributed by atoms with Gasteiger partial charge in [0.05, 0.1) is 6.04 Å². The van der Waals surface area contributed by atoms with Gasteiger partial charge in [0, 0.05) is 26.2 Å². The van der Waals surface area contributed by atoms with Gasteiger partial charge in [-0.2, -0.15) is 0 Å². The van der Waals surface area contributed by atoms with Crippen molar-refractivity contribution in [3.8, 4) is 0 Å². The molecule has 80 valence electrons. The smallest absolute Gasteiger partial charge is 0.239 e. The summed E-state index contributed by atoms with van der Waals surface area (Å²) in [5.41, 5.74) is 5.91. The molecular formula is C10H19N3O. The third-order valence-corrected chi connectivity index (χ3v) is 3.33. The second-order valence-electron chi connectivity index (χ2n) is 4.46. The van der Waals surface area contributed by atoms with Crippen LogP contribution in [0.3, 0.4) is 0 Å². The van der Waals surface area contributed by atoms with Gasteiger partial charge < -0.3 is 10.6 Å². The van der Waals surface area contributed by atoms with E-state index in [0.717, 1.165) is 38.9 Å². The van der Waals surface area contributed by atoms with Crippen LogP contribution in [0.2, 0.25) is 0 Å². The molecule has 0 bridgehead atoms. The molecule has 2 fully saturated rings. The molecule has 1 unspecified atom stereocenters. The minimum absolute atomic E-state index is 0.117. The number of carbonyl (C=O) groups is 1. The first-order valence-electron chi connectivity index (χ1n) is 5.43. The predicted molar refractivity (Wildman–Crippen MR) is 54.8 cm³/mol. The maximum absolute atomic E-state index is 11.8. The SMILES string of the molecule is CN1CCC(N2CCC[C@@H](N)C2)C1=O. The molecule has 0 aromatic heterocycles. The summed E-state index contributed by atoms with van der Waals surface area (Å²) in [7, 11) is 1.88. The second-order valence-corrected chi connectivity index (χ2v) is 4.46. The van der Waals surface area contributed by atoms with Crippen molar-refractivity contribution in [2.75, 3.05) is 26.7 Å². The molecule has 2 aliphatic heterocycles. The Labute approximate surface area is 85.0 Å². The lowest BCUT2D eigenvalue weighted by Crippen LogP contribution is -2.50. The van der Waals surface area contributed by atoms with Crippen LogP contribution in [0.25, 0.3) is 0 Å².